The van der Waals surface area contributed by atoms with Gasteiger partial charge in [0.05, 0.1) is 11.0 Å². The molecule has 0 amide bonds. The molecule has 10 aromatic rings. The van der Waals surface area contributed by atoms with Gasteiger partial charge < -0.3 is 8.98 Å². The number of para-hydroxylation sites is 2. The van der Waals surface area contributed by atoms with Crippen molar-refractivity contribution in [2.45, 2.75) is 19.3 Å². The zero-order valence-corrected chi connectivity index (χ0v) is 29.2. The molecule has 3 aromatic heterocycles. The molecule has 0 saturated heterocycles. The maximum Gasteiger partial charge on any atom is 0.164 e. The Kier molecular flexibility index (Phi) is 6.23. The van der Waals surface area contributed by atoms with Crippen molar-refractivity contribution in [2.75, 3.05) is 0 Å². The van der Waals surface area contributed by atoms with Crippen LogP contribution in [0.5, 0.6) is 0 Å². The number of hydrogen-bond acceptors (Lipinski definition) is 4. The summed E-state index contributed by atoms with van der Waals surface area (Å²) in [5.41, 5.74) is 13.0. The second-order valence-corrected chi connectivity index (χ2v) is 14.4. The number of fused-ring (bicyclic) bond motifs is 10. The van der Waals surface area contributed by atoms with Crippen LogP contribution >= 0.6 is 0 Å². The number of hydrogen-bond donors (Lipinski definition) is 0. The standard InChI is InChI=1S/C48H32N4O/c1-48(2)39-28-41-38(27-37(39)35-25-26-36-34-18-10-12-20-42(34)53-44(36)43(35)48)33-17-9-11-19-40(33)52(41)32-23-21-31(22-24-32)47-50-45(29-13-5-3-6-14-29)49-46(51-47)30-15-7-4-8-16-30/h3-28H,1-2H3. The van der Waals surface area contributed by atoms with Crippen molar-refractivity contribution in [3.8, 4) is 51.0 Å². The highest BCUT2D eigenvalue weighted by atomic mass is 16.3. The molecule has 250 valence electrons. The molecule has 0 fully saturated rings. The highest BCUT2D eigenvalue weighted by molar-refractivity contribution is 6.13. The van der Waals surface area contributed by atoms with E-state index in [1.54, 1.807) is 0 Å². The lowest BCUT2D eigenvalue weighted by atomic mass is 9.81. The van der Waals surface area contributed by atoms with Crippen molar-refractivity contribution in [1.82, 2.24) is 19.5 Å². The van der Waals surface area contributed by atoms with Crippen molar-refractivity contribution in [2.24, 2.45) is 0 Å². The summed E-state index contributed by atoms with van der Waals surface area (Å²) in [5, 5.41) is 4.79. The molecule has 0 N–H and O–H groups in total. The number of rotatable bonds is 4. The third kappa shape index (κ3) is 4.40. The molecule has 1 aliphatic rings. The second-order valence-electron chi connectivity index (χ2n) is 14.4. The first-order valence-electron chi connectivity index (χ1n) is 18.0. The fourth-order valence-electron chi connectivity index (χ4n) is 8.50. The Morgan fingerprint density at radius 2 is 1.06 bits per heavy atom. The van der Waals surface area contributed by atoms with Gasteiger partial charge in [-0.15, -0.1) is 0 Å². The van der Waals surface area contributed by atoms with E-state index in [-0.39, 0.29) is 5.41 Å². The minimum Gasteiger partial charge on any atom is -0.456 e. The lowest BCUT2D eigenvalue weighted by molar-refractivity contribution is 0.620. The molecular formula is C48H32N4O. The largest absolute Gasteiger partial charge is 0.456 e. The highest BCUT2D eigenvalue weighted by Gasteiger charge is 2.39. The van der Waals surface area contributed by atoms with Crippen LogP contribution in [0.2, 0.25) is 0 Å². The molecule has 5 heteroatoms. The van der Waals surface area contributed by atoms with Crippen LogP contribution in [0.25, 0.3) is 94.7 Å². The van der Waals surface area contributed by atoms with Crippen molar-refractivity contribution < 1.29 is 4.42 Å². The van der Waals surface area contributed by atoms with Gasteiger partial charge in [0.15, 0.2) is 17.5 Å². The molecule has 0 spiro atoms. The predicted octanol–water partition coefficient (Wildman–Crippen LogP) is 12.2. The van der Waals surface area contributed by atoms with Gasteiger partial charge in [-0.05, 0) is 71.3 Å². The number of furan rings is 1. The fourth-order valence-corrected chi connectivity index (χ4v) is 8.50. The van der Waals surface area contributed by atoms with E-state index in [1.807, 2.05) is 66.7 Å². The average Bonchev–Trinajstić information content (AvgIpc) is 3.83. The number of benzene rings is 7. The Hall–Kier alpha value is -6.85. The van der Waals surface area contributed by atoms with Crippen molar-refractivity contribution in [3.05, 3.63) is 169 Å². The van der Waals surface area contributed by atoms with E-state index in [2.05, 4.69) is 109 Å². The van der Waals surface area contributed by atoms with E-state index >= 15 is 0 Å². The predicted molar refractivity (Wildman–Crippen MR) is 215 cm³/mol. The van der Waals surface area contributed by atoms with Gasteiger partial charge in [0.25, 0.3) is 0 Å². The van der Waals surface area contributed by atoms with Gasteiger partial charge in [-0.1, -0.05) is 117 Å². The lowest BCUT2D eigenvalue weighted by Crippen LogP contribution is -2.15. The smallest absolute Gasteiger partial charge is 0.164 e. The molecule has 0 atom stereocenters. The SMILES string of the molecule is CC1(C)c2cc3c(cc2-c2ccc4c(oc5ccccc54)c21)c1ccccc1n3-c1ccc(-c2nc(-c3ccccc3)nc(-c3ccccc3)n2)cc1. The molecule has 1 aliphatic carbocycles. The summed E-state index contributed by atoms with van der Waals surface area (Å²) < 4.78 is 8.99. The third-order valence-corrected chi connectivity index (χ3v) is 11.0. The van der Waals surface area contributed by atoms with Crippen LogP contribution in [-0.2, 0) is 5.41 Å². The maximum atomic E-state index is 6.60. The van der Waals surface area contributed by atoms with Crippen LogP contribution in [0.4, 0.5) is 0 Å². The van der Waals surface area contributed by atoms with Crippen LogP contribution in [0, 0.1) is 0 Å². The van der Waals surface area contributed by atoms with E-state index < -0.39 is 0 Å². The monoisotopic (exact) mass is 680 g/mol. The molecule has 11 rings (SSSR count). The van der Waals surface area contributed by atoms with E-state index in [4.69, 9.17) is 19.4 Å². The second kappa shape index (κ2) is 11.1. The normalized spacial score (nSPS) is 13.2. The number of nitrogens with zero attached hydrogens (tertiary/aromatic N) is 4. The zero-order chi connectivity index (χ0) is 35.3. The van der Waals surface area contributed by atoms with Gasteiger partial charge in [0.2, 0.25) is 0 Å². The summed E-state index contributed by atoms with van der Waals surface area (Å²) >= 11 is 0. The number of aromatic nitrogens is 4. The van der Waals surface area contributed by atoms with Crippen LogP contribution in [0.3, 0.4) is 0 Å². The molecule has 0 unspecified atom stereocenters. The molecule has 3 heterocycles. The van der Waals surface area contributed by atoms with Crippen LogP contribution in [-0.4, -0.2) is 19.5 Å². The van der Waals surface area contributed by atoms with Crippen molar-refractivity contribution >= 4 is 43.7 Å². The summed E-state index contributed by atoms with van der Waals surface area (Å²) in [4.78, 5) is 14.8. The highest BCUT2D eigenvalue weighted by Crippen LogP contribution is 2.54. The molecule has 53 heavy (non-hydrogen) atoms. The summed E-state index contributed by atoms with van der Waals surface area (Å²) in [5.74, 6) is 1.94. The lowest BCUT2D eigenvalue weighted by Gasteiger charge is -2.22. The summed E-state index contributed by atoms with van der Waals surface area (Å²) in [6, 6.07) is 55.2. The Labute approximate surface area is 305 Å². The van der Waals surface area contributed by atoms with Gasteiger partial charge in [0, 0.05) is 54.9 Å². The van der Waals surface area contributed by atoms with Crippen LogP contribution < -0.4 is 0 Å². The zero-order valence-electron chi connectivity index (χ0n) is 29.2. The van der Waals surface area contributed by atoms with E-state index in [9.17, 15) is 0 Å². The molecule has 7 aromatic carbocycles. The Bertz CT molecular complexity index is 3010. The Morgan fingerprint density at radius 3 is 1.74 bits per heavy atom. The van der Waals surface area contributed by atoms with E-state index in [1.165, 1.54) is 49.4 Å². The van der Waals surface area contributed by atoms with E-state index in [0.29, 0.717) is 17.5 Å². The van der Waals surface area contributed by atoms with Gasteiger partial charge in [-0.3, -0.25) is 0 Å². The minimum absolute atomic E-state index is 0.261. The molecule has 0 aliphatic heterocycles. The van der Waals surface area contributed by atoms with Crippen molar-refractivity contribution in [3.63, 3.8) is 0 Å². The summed E-state index contributed by atoms with van der Waals surface area (Å²) in [6.07, 6.45) is 0. The van der Waals surface area contributed by atoms with Gasteiger partial charge in [-0.2, -0.15) is 0 Å². The Morgan fingerprint density at radius 1 is 0.472 bits per heavy atom. The summed E-state index contributed by atoms with van der Waals surface area (Å²) in [6.45, 7) is 4.67. The molecule has 0 bridgehead atoms. The summed E-state index contributed by atoms with van der Waals surface area (Å²) in [7, 11) is 0. The van der Waals surface area contributed by atoms with Crippen molar-refractivity contribution in [1.29, 1.82) is 0 Å². The van der Waals surface area contributed by atoms with Gasteiger partial charge in [0.1, 0.15) is 11.2 Å². The van der Waals surface area contributed by atoms with Gasteiger partial charge in [-0.25, -0.2) is 15.0 Å². The molecule has 5 nitrogen and oxygen atoms in total. The van der Waals surface area contributed by atoms with E-state index in [0.717, 1.165) is 38.9 Å². The van der Waals surface area contributed by atoms with Crippen LogP contribution in [0.15, 0.2) is 162 Å². The first-order valence-corrected chi connectivity index (χ1v) is 18.0. The van der Waals surface area contributed by atoms with Gasteiger partial charge >= 0.3 is 0 Å². The first-order chi connectivity index (χ1) is 26.0. The fraction of sp³-hybridized carbons (Fsp3) is 0.0625. The Balaban J connectivity index is 1.07. The topological polar surface area (TPSA) is 56.7 Å². The average molecular weight is 681 g/mol. The quantitative estimate of drug-likeness (QED) is 0.186. The molecular weight excluding hydrogens is 649 g/mol. The van der Waals surface area contributed by atoms with Crippen LogP contribution in [0.1, 0.15) is 25.0 Å². The first kappa shape index (κ1) is 29.8. The molecule has 0 saturated carbocycles. The maximum absolute atomic E-state index is 6.60. The third-order valence-electron chi connectivity index (χ3n) is 11.0. The molecule has 0 radical (unpaired) electrons. The minimum atomic E-state index is -0.261.